The number of ether oxygens (including phenoxy) is 1. The lowest BCUT2D eigenvalue weighted by atomic mass is 10.0. The third-order valence-electron chi connectivity index (χ3n) is 3.45. The van der Waals surface area contributed by atoms with E-state index < -0.39 is 17.9 Å². The average molecular weight is 283 g/mol. The zero-order chi connectivity index (χ0) is 15.3. The predicted octanol–water partition coefficient (Wildman–Crippen LogP) is 0.619. The van der Waals surface area contributed by atoms with E-state index in [1.807, 2.05) is 0 Å². The lowest BCUT2D eigenvalue weighted by Gasteiger charge is -2.33. The summed E-state index contributed by atoms with van der Waals surface area (Å²) < 4.78 is 5.20. The molecule has 3 atom stereocenters. The molecule has 7 heteroatoms. The standard InChI is InChI=1S/C13H21N3O4/c1-4-16(11-8-20-7-10(11)12(17)18)13(19)15(3)6-9(2)5-14/h9-11H,4,6-8H2,1-3H3,(H,17,18). The van der Waals surface area contributed by atoms with E-state index in [4.69, 9.17) is 15.1 Å². The van der Waals surface area contributed by atoms with Crippen LogP contribution < -0.4 is 0 Å². The van der Waals surface area contributed by atoms with Crippen molar-refractivity contribution in [3.8, 4) is 6.07 Å². The Kier molecular flexibility index (Phi) is 5.77. The predicted molar refractivity (Wildman–Crippen MR) is 70.9 cm³/mol. The van der Waals surface area contributed by atoms with Crippen LogP contribution in [0.15, 0.2) is 0 Å². The van der Waals surface area contributed by atoms with Gasteiger partial charge in [0.2, 0.25) is 0 Å². The quantitative estimate of drug-likeness (QED) is 0.798. The molecular formula is C13H21N3O4. The Labute approximate surface area is 118 Å². The Morgan fingerprint density at radius 3 is 2.65 bits per heavy atom. The number of carbonyl (C=O) groups is 2. The largest absolute Gasteiger partial charge is 0.481 e. The molecule has 1 heterocycles. The van der Waals surface area contributed by atoms with Crippen LogP contribution in [0.4, 0.5) is 4.79 Å². The monoisotopic (exact) mass is 283 g/mol. The van der Waals surface area contributed by atoms with Crippen molar-refractivity contribution in [3.63, 3.8) is 0 Å². The summed E-state index contributed by atoms with van der Waals surface area (Å²) in [6.07, 6.45) is 0. The maximum Gasteiger partial charge on any atom is 0.320 e. The highest BCUT2D eigenvalue weighted by atomic mass is 16.5. The number of hydrogen-bond acceptors (Lipinski definition) is 4. The molecule has 0 aromatic carbocycles. The van der Waals surface area contributed by atoms with Gasteiger partial charge in [0.25, 0.3) is 0 Å². The van der Waals surface area contributed by atoms with Crippen LogP contribution in [0, 0.1) is 23.2 Å². The molecule has 1 saturated heterocycles. The van der Waals surface area contributed by atoms with E-state index in [0.717, 1.165) is 0 Å². The normalized spacial score (nSPS) is 22.9. The summed E-state index contributed by atoms with van der Waals surface area (Å²) in [5.41, 5.74) is 0. The molecule has 1 aliphatic heterocycles. The maximum atomic E-state index is 12.4. The first-order chi connectivity index (χ1) is 9.42. The van der Waals surface area contributed by atoms with Crippen molar-refractivity contribution in [2.24, 2.45) is 11.8 Å². The fourth-order valence-corrected chi connectivity index (χ4v) is 2.35. The van der Waals surface area contributed by atoms with Crippen molar-refractivity contribution in [2.45, 2.75) is 19.9 Å². The van der Waals surface area contributed by atoms with Crippen LogP contribution >= 0.6 is 0 Å². The number of hydrogen-bond donors (Lipinski definition) is 1. The highest BCUT2D eigenvalue weighted by Crippen LogP contribution is 2.21. The van der Waals surface area contributed by atoms with Crippen LogP contribution in [0.5, 0.6) is 0 Å². The smallest absolute Gasteiger partial charge is 0.320 e. The number of nitriles is 1. The zero-order valence-electron chi connectivity index (χ0n) is 12.1. The Balaban J connectivity index is 2.77. The summed E-state index contributed by atoms with van der Waals surface area (Å²) in [5, 5.41) is 17.9. The van der Waals surface area contributed by atoms with Crippen LogP contribution in [0.2, 0.25) is 0 Å². The van der Waals surface area contributed by atoms with E-state index in [1.54, 1.807) is 20.9 Å². The lowest BCUT2D eigenvalue weighted by Crippen LogP contribution is -2.51. The van der Waals surface area contributed by atoms with Gasteiger partial charge in [-0.1, -0.05) is 0 Å². The van der Waals surface area contributed by atoms with E-state index in [0.29, 0.717) is 13.1 Å². The second kappa shape index (κ2) is 7.10. The summed E-state index contributed by atoms with van der Waals surface area (Å²) in [6.45, 7) is 4.62. The number of likely N-dealkylation sites (N-methyl/N-ethyl adjacent to an activating group) is 1. The van der Waals surface area contributed by atoms with Crippen LogP contribution in [0.1, 0.15) is 13.8 Å². The SMILES string of the molecule is CCN(C(=O)N(C)CC(C)C#N)C1COCC1C(=O)O. The molecule has 3 unspecified atom stereocenters. The Hall–Kier alpha value is -1.81. The van der Waals surface area contributed by atoms with Crippen LogP contribution in [-0.4, -0.2) is 66.3 Å². The Morgan fingerprint density at radius 2 is 2.15 bits per heavy atom. The van der Waals surface area contributed by atoms with Crippen molar-refractivity contribution in [1.29, 1.82) is 5.26 Å². The van der Waals surface area contributed by atoms with E-state index in [-0.39, 0.29) is 25.2 Å². The van der Waals surface area contributed by atoms with Gasteiger partial charge in [0, 0.05) is 20.1 Å². The number of amides is 2. The first kappa shape index (κ1) is 16.2. The first-order valence-corrected chi connectivity index (χ1v) is 6.64. The van der Waals surface area contributed by atoms with E-state index in [1.165, 1.54) is 9.80 Å². The number of carboxylic acids is 1. The second-order valence-corrected chi connectivity index (χ2v) is 5.03. The van der Waals surface area contributed by atoms with Crippen molar-refractivity contribution in [1.82, 2.24) is 9.80 Å². The van der Waals surface area contributed by atoms with Gasteiger partial charge in [-0.15, -0.1) is 0 Å². The highest BCUT2D eigenvalue weighted by Gasteiger charge is 2.40. The third kappa shape index (κ3) is 3.61. The van der Waals surface area contributed by atoms with Gasteiger partial charge in [-0.25, -0.2) is 4.79 Å². The molecule has 0 radical (unpaired) electrons. The summed E-state index contributed by atoms with van der Waals surface area (Å²) in [5.74, 6) is -1.91. The third-order valence-corrected chi connectivity index (χ3v) is 3.45. The van der Waals surface area contributed by atoms with Crippen LogP contribution in [0.25, 0.3) is 0 Å². The molecular weight excluding hydrogens is 262 g/mol. The van der Waals surface area contributed by atoms with Crippen molar-refractivity contribution in [3.05, 3.63) is 0 Å². The Bertz CT molecular complexity index is 407. The maximum absolute atomic E-state index is 12.4. The average Bonchev–Trinajstić information content (AvgIpc) is 2.88. The number of nitrogens with zero attached hydrogens (tertiary/aromatic N) is 3. The fraction of sp³-hybridized carbons (Fsp3) is 0.769. The topological polar surface area (TPSA) is 93.9 Å². The minimum absolute atomic E-state index is 0.127. The van der Waals surface area contributed by atoms with Crippen molar-refractivity contribution < 1.29 is 19.4 Å². The van der Waals surface area contributed by atoms with Gasteiger partial charge in [0.15, 0.2) is 0 Å². The van der Waals surface area contributed by atoms with Gasteiger partial charge in [-0.05, 0) is 13.8 Å². The molecule has 0 spiro atoms. The molecule has 1 aliphatic rings. The molecule has 0 saturated carbocycles. The zero-order valence-corrected chi connectivity index (χ0v) is 12.1. The first-order valence-electron chi connectivity index (χ1n) is 6.64. The number of carbonyl (C=O) groups excluding carboxylic acids is 1. The lowest BCUT2D eigenvalue weighted by molar-refractivity contribution is -0.142. The minimum Gasteiger partial charge on any atom is -0.481 e. The number of carboxylic acid groups (broad SMARTS) is 1. The van der Waals surface area contributed by atoms with Gasteiger partial charge >= 0.3 is 12.0 Å². The molecule has 0 aromatic rings. The molecule has 112 valence electrons. The van der Waals surface area contributed by atoms with Gasteiger partial charge in [-0.3, -0.25) is 4.79 Å². The molecule has 20 heavy (non-hydrogen) atoms. The molecule has 2 amide bonds. The van der Waals surface area contributed by atoms with Crippen molar-refractivity contribution >= 4 is 12.0 Å². The van der Waals surface area contributed by atoms with Gasteiger partial charge in [0.1, 0.15) is 5.92 Å². The number of rotatable bonds is 5. The van der Waals surface area contributed by atoms with Crippen molar-refractivity contribution in [2.75, 3.05) is 33.4 Å². The minimum atomic E-state index is -0.952. The fourth-order valence-electron chi connectivity index (χ4n) is 2.35. The Morgan fingerprint density at radius 1 is 1.50 bits per heavy atom. The van der Waals surface area contributed by atoms with Crippen LogP contribution in [0.3, 0.4) is 0 Å². The number of urea groups is 1. The summed E-state index contributed by atoms with van der Waals surface area (Å²) in [4.78, 5) is 26.5. The molecule has 7 nitrogen and oxygen atoms in total. The summed E-state index contributed by atoms with van der Waals surface area (Å²) >= 11 is 0. The van der Waals surface area contributed by atoms with Crippen LogP contribution in [-0.2, 0) is 9.53 Å². The second-order valence-electron chi connectivity index (χ2n) is 5.03. The van der Waals surface area contributed by atoms with Gasteiger partial charge in [-0.2, -0.15) is 5.26 Å². The van der Waals surface area contributed by atoms with E-state index in [9.17, 15) is 9.59 Å². The van der Waals surface area contributed by atoms with E-state index in [2.05, 4.69) is 6.07 Å². The van der Waals surface area contributed by atoms with Gasteiger partial charge in [0.05, 0.1) is 31.2 Å². The van der Waals surface area contributed by atoms with Gasteiger partial charge < -0.3 is 19.6 Å². The summed E-state index contributed by atoms with van der Waals surface area (Å²) in [7, 11) is 1.62. The molecule has 1 N–H and O–H groups in total. The van der Waals surface area contributed by atoms with E-state index >= 15 is 0 Å². The molecule has 0 bridgehead atoms. The molecule has 0 aromatic heterocycles. The molecule has 1 rings (SSSR count). The summed E-state index contributed by atoms with van der Waals surface area (Å²) in [6, 6.07) is 1.35. The highest BCUT2D eigenvalue weighted by molar-refractivity contribution is 5.77. The molecule has 0 aliphatic carbocycles. The number of aliphatic carboxylic acids is 1. The molecule has 1 fully saturated rings.